The van der Waals surface area contributed by atoms with E-state index in [0.29, 0.717) is 11.3 Å². The van der Waals surface area contributed by atoms with Gasteiger partial charge in [-0.3, -0.25) is 14.6 Å². The van der Waals surface area contributed by atoms with Crippen molar-refractivity contribution < 1.29 is 4.55 Å². The molecule has 5 nitrogen and oxygen atoms in total. The molecule has 0 N–H and O–H groups in total. The van der Waals surface area contributed by atoms with Crippen LogP contribution >= 0.6 is 0 Å². The normalized spacial score (nSPS) is 39.3. The van der Waals surface area contributed by atoms with Gasteiger partial charge in [-0.15, -0.1) is 0 Å². The van der Waals surface area contributed by atoms with Crippen LogP contribution in [0.1, 0.15) is 37.8 Å². The van der Waals surface area contributed by atoms with Crippen LogP contribution < -0.4 is 0 Å². The van der Waals surface area contributed by atoms with Gasteiger partial charge in [-0.05, 0) is 62.8 Å². The van der Waals surface area contributed by atoms with E-state index in [9.17, 15) is 4.55 Å². The van der Waals surface area contributed by atoms with E-state index in [1.807, 2.05) is 24.4 Å². The Balaban J connectivity index is 1.14. The monoisotopic (exact) mass is 396 g/mol. The van der Waals surface area contributed by atoms with Gasteiger partial charge in [-0.2, -0.15) is 5.10 Å². The SMILES string of the molecule is CCn1nc(-c2ccccn2)cc1C1C2CC(N3CCC4(C3)C[S+]([O-])C4)CC21. The number of hydrogen-bond donors (Lipinski definition) is 0. The molecule has 0 amide bonds. The van der Waals surface area contributed by atoms with Crippen LogP contribution in [-0.4, -0.2) is 54.9 Å². The first-order chi connectivity index (χ1) is 13.7. The molecule has 6 heteroatoms. The van der Waals surface area contributed by atoms with Gasteiger partial charge < -0.3 is 4.55 Å². The molecule has 4 aliphatic rings. The predicted octanol–water partition coefficient (Wildman–Crippen LogP) is 2.91. The Morgan fingerprint density at radius 3 is 2.71 bits per heavy atom. The third-order valence-corrected chi connectivity index (χ3v) is 9.59. The second kappa shape index (κ2) is 6.31. The van der Waals surface area contributed by atoms with Crippen LogP contribution in [0.2, 0.25) is 0 Å². The van der Waals surface area contributed by atoms with E-state index in [2.05, 4.69) is 27.6 Å². The lowest BCUT2D eigenvalue weighted by molar-refractivity contribution is 0.201. The molecule has 2 aromatic heterocycles. The molecule has 2 unspecified atom stereocenters. The summed E-state index contributed by atoms with van der Waals surface area (Å²) < 4.78 is 13.8. The van der Waals surface area contributed by atoms with E-state index < -0.39 is 11.2 Å². The molecule has 4 heterocycles. The molecule has 6 rings (SSSR count). The minimum absolute atomic E-state index is 0.412. The zero-order valence-electron chi connectivity index (χ0n) is 16.5. The van der Waals surface area contributed by atoms with Crippen molar-refractivity contribution >= 4 is 11.2 Å². The lowest BCUT2D eigenvalue weighted by atomic mass is 9.91. The molecule has 1 spiro atoms. The van der Waals surface area contributed by atoms with Crippen molar-refractivity contribution in [3.8, 4) is 11.4 Å². The van der Waals surface area contributed by atoms with Gasteiger partial charge in [-0.1, -0.05) is 17.2 Å². The fraction of sp³-hybridized carbons (Fsp3) is 0.636. The first kappa shape index (κ1) is 17.5. The van der Waals surface area contributed by atoms with Crippen molar-refractivity contribution in [2.45, 2.75) is 44.7 Å². The van der Waals surface area contributed by atoms with Crippen LogP contribution in [0.25, 0.3) is 11.4 Å². The van der Waals surface area contributed by atoms with Crippen LogP contribution in [0, 0.1) is 17.3 Å². The van der Waals surface area contributed by atoms with E-state index in [-0.39, 0.29) is 0 Å². The van der Waals surface area contributed by atoms with E-state index in [1.165, 1.54) is 38.0 Å². The first-order valence-corrected chi connectivity index (χ1v) is 12.2. The molecule has 148 valence electrons. The lowest BCUT2D eigenvalue weighted by Crippen LogP contribution is -2.50. The van der Waals surface area contributed by atoms with Crippen molar-refractivity contribution in [1.29, 1.82) is 0 Å². The third kappa shape index (κ3) is 2.68. The lowest BCUT2D eigenvalue weighted by Gasteiger charge is -2.39. The molecule has 28 heavy (non-hydrogen) atoms. The van der Waals surface area contributed by atoms with Crippen LogP contribution in [0.15, 0.2) is 30.5 Å². The Morgan fingerprint density at radius 1 is 1.21 bits per heavy atom. The zero-order chi connectivity index (χ0) is 18.9. The average molecular weight is 397 g/mol. The fourth-order valence-electron chi connectivity index (χ4n) is 6.30. The standard InChI is InChI=1S/C22H28N4OS/c1-2-26-20(11-19(24-26)18-5-3-4-7-23-18)21-16-9-15(10-17(16)21)25-8-6-22(12-25)13-28(27)14-22/h3-5,7,11,15-17,21H,2,6,8-10,12-14H2,1H3. The highest BCUT2D eigenvalue weighted by molar-refractivity contribution is 7.92. The van der Waals surface area contributed by atoms with Crippen molar-refractivity contribution in [3.63, 3.8) is 0 Å². The third-order valence-electron chi connectivity index (χ3n) is 7.72. The quantitative estimate of drug-likeness (QED) is 0.746. The van der Waals surface area contributed by atoms with E-state index in [0.717, 1.165) is 47.3 Å². The minimum atomic E-state index is -0.525. The van der Waals surface area contributed by atoms with Gasteiger partial charge >= 0.3 is 0 Å². The van der Waals surface area contributed by atoms with E-state index in [4.69, 9.17) is 5.10 Å². The predicted molar refractivity (Wildman–Crippen MR) is 110 cm³/mol. The number of pyridine rings is 1. The summed E-state index contributed by atoms with van der Waals surface area (Å²) in [6.45, 7) is 5.53. The second-order valence-corrected chi connectivity index (χ2v) is 10.9. The largest absolute Gasteiger partial charge is 0.616 e. The number of rotatable bonds is 4. The average Bonchev–Trinajstić information content (AvgIpc) is 3.15. The molecule has 4 fully saturated rings. The number of likely N-dealkylation sites (tertiary alicyclic amines) is 1. The maximum Gasteiger partial charge on any atom is 0.117 e. The highest BCUT2D eigenvalue weighted by Gasteiger charge is 2.61. The van der Waals surface area contributed by atoms with Crippen LogP contribution in [0.3, 0.4) is 0 Å². The summed E-state index contributed by atoms with van der Waals surface area (Å²) in [5, 5.41) is 4.84. The molecule has 2 aromatic rings. The first-order valence-electron chi connectivity index (χ1n) is 10.7. The molecule has 2 aliphatic carbocycles. The molecule has 2 atom stereocenters. The van der Waals surface area contributed by atoms with Crippen LogP contribution in [-0.2, 0) is 17.7 Å². The number of hydrogen-bond acceptors (Lipinski definition) is 4. The molecule has 2 saturated carbocycles. The molecular weight excluding hydrogens is 368 g/mol. The highest BCUT2D eigenvalue weighted by Crippen LogP contribution is 2.64. The second-order valence-electron chi connectivity index (χ2n) is 9.41. The molecule has 2 saturated heterocycles. The maximum absolute atomic E-state index is 11.6. The van der Waals surface area contributed by atoms with E-state index in [1.54, 1.807) is 0 Å². The van der Waals surface area contributed by atoms with Crippen molar-refractivity contribution in [2.24, 2.45) is 17.3 Å². The summed E-state index contributed by atoms with van der Waals surface area (Å²) in [4.78, 5) is 7.21. The Hall–Kier alpha value is -1.37. The van der Waals surface area contributed by atoms with Crippen LogP contribution in [0.5, 0.6) is 0 Å². The summed E-state index contributed by atoms with van der Waals surface area (Å²) in [7, 11) is 0. The minimum Gasteiger partial charge on any atom is -0.616 e. The van der Waals surface area contributed by atoms with E-state index >= 15 is 0 Å². The van der Waals surface area contributed by atoms with Gasteiger partial charge in [-0.25, -0.2) is 0 Å². The summed E-state index contributed by atoms with van der Waals surface area (Å²) in [6, 6.07) is 9.08. The Kier molecular flexibility index (Phi) is 3.94. The number of aryl methyl sites for hydroxylation is 1. The summed E-state index contributed by atoms with van der Waals surface area (Å²) in [5.41, 5.74) is 3.82. The number of nitrogens with zero attached hydrogens (tertiary/aromatic N) is 4. The Bertz CT molecular complexity index is 866. The maximum atomic E-state index is 11.6. The van der Waals surface area contributed by atoms with Crippen molar-refractivity contribution in [3.05, 3.63) is 36.2 Å². The van der Waals surface area contributed by atoms with Gasteiger partial charge in [0.15, 0.2) is 0 Å². The smallest absolute Gasteiger partial charge is 0.117 e. The van der Waals surface area contributed by atoms with Gasteiger partial charge in [0.05, 0.1) is 11.1 Å². The molecule has 0 bridgehead atoms. The number of aromatic nitrogens is 3. The van der Waals surface area contributed by atoms with Gasteiger partial charge in [0.2, 0.25) is 0 Å². The van der Waals surface area contributed by atoms with Crippen molar-refractivity contribution in [1.82, 2.24) is 19.7 Å². The topological polar surface area (TPSA) is 57.0 Å². The summed E-state index contributed by atoms with van der Waals surface area (Å²) >= 11 is -0.525. The highest BCUT2D eigenvalue weighted by atomic mass is 32.2. The van der Waals surface area contributed by atoms with Gasteiger partial charge in [0.1, 0.15) is 17.2 Å². The summed E-state index contributed by atoms with van der Waals surface area (Å²) in [6.07, 6.45) is 5.78. The van der Waals surface area contributed by atoms with Gasteiger partial charge in [0.25, 0.3) is 0 Å². The molecular formula is C22H28N4OS. The van der Waals surface area contributed by atoms with Crippen molar-refractivity contribution in [2.75, 3.05) is 24.6 Å². The van der Waals surface area contributed by atoms with Crippen LogP contribution in [0.4, 0.5) is 0 Å². The van der Waals surface area contributed by atoms with Gasteiger partial charge in [0, 0.05) is 36.9 Å². The molecule has 2 aliphatic heterocycles. The Morgan fingerprint density at radius 2 is 2.04 bits per heavy atom. The number of fused-ring (bicyclic) bond motifs is 1. The molecule has 0 aromatic carbocycles. The molecule has 0 radical (unpaired) electrons. The Labute approximate surface area is 169 Å². The zero-order valence-corrected chi connectivity index (χ0v) is 17.3. The fourth-order valence-corrected chi connectivity index (χ4v) is 8.05. The summed E-state index contributed by atoms with van der Waals surface area (Å²) in [5.74, 6) is 4.26.